The highest BCUT2D eigenvalue weighted by Crippen LogP contribution is 2.30. The Morgan fingerprint density at radius 2 is 2.00 bits per heavy atom. The van der Waals surface area contributed by atoms with Gasteiger partial charge >= 0.3 is 0 Å². The van der Waals surface area contributed by atoms with Gasteiger partial charge in [-0.2, -0.15) is 0 Å². The summed E-state index contributed by atoms with van der Waals surface area (Å²) in [5.74, 6) is 1.34. The number of hydrogen-bond donors (Lipinski definition) is 2. The zero-order valence-corrected chi connectivity index (χ0v) is 14.9. The highest BCUT2D eigenvalue weighted by Gasteiger charge is 2.11. The van der Waals surface area contributed by atoms with Crippen molar-refractivity contribution in [1.29, 1.82) is 0 Å². The van der Waals surface area contributed by atoms with E-state index >= 15 is 0 Å². The maximum Gasteiger partial charge on any atom is 0.270 e. The summed E-state index contributed by atoms with van der Waals surface area (Å²) in [4.78, 5) is 22.6. The van der Waals surface area contributed by atoms with Crippen molar-refractivity contribution < 1.29 is 14.3 Å². The predicted molar refractivity (Wildman–Crippen MR) is 95.7 cm³/mol. The number of benzene rings is 1. The molecule has 0 aliphatic heterocycles. The van der Waals surface area contributed by atoms with Gasteiger partial charge in [-0.1, -0.05) is 0 Å². The smallest absolute Gasteiger partial charge is 0.270 e. The number of ether oxygens (including phenoxy) is 2. The second-order valence-corrected chi connectivity index (χ2v) is 5.52. The molecule has 8 nitrogen and oxygen atoms in total. The number of hydrogen-bond acceptors (Lipinski definition) is 7. The molecule has 25 heavy (non-hydrogen) atoms. The number of amides is 1. The van der Waals surface area contributed by atoms with Gasteiger partial charge in [0.05, 0.1) is 19.9 Å². The summed E-state index contributed by atoms with van der Waals surface area (Å²) in [5.41, 5.74) is 0.935. The normalized spacial score (nSPS) is 10.4. The third-order valence-electron chi connectivity index (χ3n) is 3.39. The molecule has 2 rings (SSSR count). The fourth-order valence-electron chi connectivity index (χ4n) is 2.06. The lowest BCUT2D eigenvalue weighted by molar-refractivity contribution is 0.0946. The number of carbonyl (C=O) groups is 1. The molecule has 0 radical (unpaired) electrons. The third-order valence-corrected chi connectivity index (χ3v) is 3.39. The monoisotopic (exact) mass is 345 g/mol. The van der Waals surface area contributed by atoms with Crippen LogP contribution in [0.15, 0.2) is 30.5 Å². The number of anilines is 2. The van der Waals surface area contributed by atoms with E-state index in [9.17, 15) is 4.79 Å². The van der Waals surface area contributed by atoms with Gasteiger partial charge in [0.15, 0.2) is 0 Å². The fourth-order valence-corrected chi connectivity index (χ4v) is 2.06. The van der Waals surface area contributed by atoms with Gasteiger partial charge in [0.2, 0.25) is 5.95 Å². The predicted octanol–water partition coefficient (Wildman–Crippen LogP) is 1.53. The minimum absolute atomic E-state index is 0.245. The number of rotatable bonds is 8. The van der Waals surface area contributed by atoms with Crippen LogP contribution in [0.5, 0.6) is 11.5 Å². The summed E-state index contributed by atoms with van der Waals surface area (Å²) in [7, 11) is 7.05. The first-order chi connectivity index (χ1) is 12.0. The summed E-state index contributed by atoms with van der Waals surface area (Å²) < 4.78 is 10.5. The van der Waals surface area contributed by atoms with Crippen LogP contribution in [0.25, 0.3) is 0 Å². The van der Waals surface area contributed by atoms with Crippen molar-refractivity contribution in [3.63, 3.8) is 0 Å². The van der Waals surface area contributed by atoms with Crippen molar-refractivity contribution in [2.24, 2.45) is 0 Å². The molecule has 1 amide bonds. The van der Waals surface area contributed by atoms with Gasteiger partial charge < -0.3 is 25.0 Å². The first-order valence-electron chi connectivity index (χ1n) is 7.78. The van der Waals surface area contributed by atoms with Crippen molar-refractivity contribution in [3.8, 4) is 11.5 Å². The number of nitrogens with zero attached hydrogens (tertiary/aromatic N) is 3. The van der Waals surface area contributed by atoms with Crippen LogP contribution in [0.4, 0.5) is 11.6 Å². The van der Waals surface area contributed by atoms with Crippen LogP contribution < -0.4 is 20.1 Å². The van der Waals surface area contributed by atoms with Crippen LogP contribution >= 0.6 is 0 Å². The van der Waals surface area contributed by atoms with E-state index in [2.05, 4.69) is 20.6 Å². The van der Waals surface area contributed by atoms with Crippen LogP contribution in [0.2, 0.25) is 0 Å². The van der Waals surface area contributed by atoms with E-state index < -0.39 is 0 Å². The standard InChI is InChI=1S/C17H23N5O3/c1-22(2)10-9-18-16(23)13-7-8-19-17(20-13)21-14-11-12(24-3)5-6-15(14)25-4/h5-8,11H,9-10H2,1-4H3,(H,18,23)(H,19,20,21). The van der Waals surface area contributed by atoms with Gasteiger partial charge in [-0.15, -0.1) is 0 Å². The van der Waals surface area contributed by atoms with Crippen LogP contribution in [-0.4, -0.2) is 62.2 Å². The molecular weight excluding hydrogens is 322 g/mol. The number of methoxy groups -OCH3 is 2. The number of nitrogens with one attached hydrogen (secondary N) is 2. The summed E-state index contributed by atoms with van der Waals surface area (Å²) in [6.45, 7) is 1.30. The Bertz CT molecular complexity index is 721. The van der Waals surface area contributed by atoms with Crippen molar-refractivity contribution >= 4 is 17.5 Å². The third kappa shape index (κ3) is 5.32. The molecule has 0 fully saturated rings. The van der Waals surface area contributed by atoms with Gasteiger partial charge in [0, 0.05) is 25.4 Å². The lowest BCUT2D eigenvalue weighted by atomic mass is 10.2. The Labute approximate surface area is 147 Å². The highest BCUT2D eigenvalue weighted by molar-refractivity contribution is 5.92. The molecule has 0 aliphatic carbocycles. The largest absolute Gasteiger partial charge is 0.497 e. The average molecular weight is 345 g/mol. The Kier molecular flexibility index (Phi) is 6.53. The van der Waals surface area contributed by atoms with Crippen molar-refractivity contribution in [1.82, 2.24) is 20.2 Å². The molecule has 1 aromatic heterocycles. The van der Waals surface area contributed by atoms with E-state index in [1.165, 1.54) is 6.20 Å². The Morgan fingerprint density at radius 3 is 2.68 bits per heavy atom. The van der Waals surface area contributed by atoms with E-state index in [1.807, 2.05) is 19.0 Å². The van der Waals surface area contributed by atoms with Crippen LogP contribution in [-0.2, 0) is 0 Å². The van der Waals surface area contributed by atoms with E-state index in [-0.39, 0.29) is 11.6 Å². The molecule has 2 N–H and O–H groups in total. The van der Waals surface area contributed by atoms with Gasteiger partial charge in [-0.3, -0.25) is 4.79 Å². The minimum Gasteiger partial charge on any atom is -0.497 e. The first kappa shape index (κ1) is 18.5. The lowest BCUT2D eigenvalue weighted by Crippen LogP contribution is -2.31. The quantitative estimate of drug-likeness (QED) is 0.750. The fraction of sp³-hybridized carbons (Fsp3) is 0.353. The maximum atomic E-state index is 12.2. The van der Waals surface area contributed by atoms with Gasteiger partial charge in [-0.05, 0) is 32.3 Å². The number of carbonyl (C=O) groups excluding carboxylic acids is 1. The Hall–Kier alpha value is -2.87. The Balaban J connectivity index is 2.12. The van der Waals surface area contributed by atoms with Gasteiger partial charge in [0.25, 0.3) is 5.91 Å². The van der Waals surface area contributed by atoms with Crippen LogP contribution in [0, 0.1) is 0 Å². The summed E-state index contributed by atoms with van der Waals surface area (Å²) in [5, 5.41) is 5.87. The van der Waals surface area contributed by atoms with E-state index in [4.69, 9.17) is 9.47 Å². The molecule has 0 bridgehead atoms. The molecule has 134 valence electrons. The second kappa shape index (κ2) is 8.84. The number of aromatic nitrogens is 2. The van der Waals surface area contributed by atoms with Gasteiger partial charge in [-0.25, -0.2) is 9.97 Å². The van der Waals surface area contributed by atoms with E-state index in [0.717, 1.165) is 6.54 Å². The highest BCUT2D eigenvalue weighted by atomic mass is 16.5. The molecule has 8 heteroatoms. The summed E-state index contributed by atoms with van der Waals surface area (Å²) in [6.07, 6.45) is 1.53. The van der Waals surface area contributed by atoms with E-state index in [0.29, 0.717) is 29.7 Å². The van der Waals surface area contributed by atoms with Gasteiger partial charge in [0.1, 0.15) is 17.2 Å². The zero-order valence-electron chi connectivity index (χ0n) is 14.9. The molecule has 0 saturated carbocycles. The van der Waals surface area contributed by atoms with Crippen molar-refractivity contribution in [2.45, 2.75) is 0 Å². The molecule has 2 aromatic rings. The first-order valence-corrected chi connectivity index (χ1v) is 7.78. The zero-order chi connectivity index (χ0) is 18.2. The van der Waals surface area contributed by atoms with Crippen LogP contribution in [0.3, 0.4) is 0 Å². The van der Waals surface area contributed by atoms with Crippen molar-refractivity contribution in [2.75, 3.05) is 46.7 Å². The molecule has 0 aliphatic rings. The molecule has 0 unspecified atom stereocenters. The topological polar surface area (TPSA) is 88.6 Å². The van der Waals surface area contributed by atoms with E-state index in [1.54, 1.807) is 38.5 Å². The number of likely N-dealkylation sites (N-methyl/N-ethyl adjacent to an activating group) is 1. The van der Waals surface area contributed by atoms with Crippen molar-refractivity contribution in [3.05, 3.63) is 36.2 Å². The maximum absolute atomic E-state index is 12.2. The summed E-state index contributed by atoms with van der Waals surface area (Å²) in [6, 6.07) is 6.91. The second-order valence-electron chi connectivity index (χ2n) is 5.52. The molecule has 0 saturated heterocycles. The lowest BCUT2D eigenvalue weighted by Gasteiger charge is -2.12. The molecule has 0 atom stereocenters. The minimum atomic E-state index is -0.245. The average Bonchev–Trinajstić information content (AvgIpc) is 2.61. The molecule has 1 aromatic carbocycles. The SMILES string of the molecule is COc1ccc(OC)c(Nc2nccc(C(=O)NCCN(C)C)n2)c1. The molecular formula is C17H23N5O3. The Morgan fingerprint density at radius 1 is 1.20 bits per heavy atom. The molecule has 0 spiro atoms. The summed E-state index contributed by atoms with van der Waals surface area (Å²) >= 11 is 0. The van der Waals surface area contributed by atoms with Crippen LogP contribution in [0.1, 0.15) is 10.5 Å². The molecule has 1 heterocycles.